The minimum absolute atomic E-state index is 0.00188. The highest BCUT2D eigenvalue weighted by Crippen LogP contribution is 2.42. The highest BCUT2D eigenvalue weighted by atomic mass is 32.2. The molecule has 5 heterocycles. The molecule has 4 aromatic rings. The number of amides is 2. The molecule has 23 nitrogen and oxygen atoms in total. The standard InChI is InChI=1S/C30H24N10O13S3/c1-10(41)51-15-4-3-12(5-16(15)52-11(2)42)22(29(49)50)53-36-19(14-9-56-30(31)33-14)24(43)34-20-25(44)39-21(28(47)48)13(8-55-26(20)39)7-54-17-6-32-40-23(35-37-38-40)18(17)27(45)46/h3-6,9,20,22,26H,7-8H2,1-2H3,(H2,31,33)(H,34,43)(H,45,46)(H,47,48)(H,49,50)/t20-,22?,26-/m1/s1. The molecule has 2 aliphatic rings. The van der Waals surface area contributed by atoms with Crippen LogP contribution in [-0.4, -0.2) is 121 Å². The van der Waals surface area contributed by atoms with E-state index in [0.717, 1.165) is 70.4 Å². The Morgan fingerprint density at radius 2 is 1.82 bits per heavy atom. The van der Waals surface area contributed by atoms with E-state index in [1.54, 1.807) is 0 Å². The summed E-state index contributed by atoms with van der Waals surface area (Å²) in [6.07, 6.45) is -0.711. The number of hydrogen-bond donors (Lipinski definition) is 5. The number of benzene rings is 1. The fourth-order valence-corrected chi connectivity index (χ4v) is 8.32. The Hall–Kier alpha value is -6.67. The molecule has 0 spiro atoms. The number of nitrogens with zero attached hydrogens (tertiary/aromatic N) is 8. The number of nitrogens with two attached hydrogens (primary N) is 1. The van der Waals surface area contributed by atoms with Crippen LogP contribution in [0.15, 0.2) is 51.1 Å². The summed E-state index contributed by atoms with van der Waals surface area (Å²) in [5.41, 5.74) is 4.42. The van der Waals surface area contributed by atoms with Gasteiger partial charge >= 0.3 is 29.8 Å². The normalized spacial score (nSPS) is 17.1. The van der Waals surface area contributed by atoms with Crippen molar-refractivity contribution in [1.29, 1.82) is 0 Å². The van der Waals surface area contributed by atoms with E-state index in [1.165, 1.54) is 17.6 Å². The molecule has 2 amide bonds. The molecule has 56 heavy (non-hydrogen) atoms. The number of thioether (sulfide) groups is 2. The topological polar surface area (TPSA) is 330 Å². The summed E-state index contributed by atoms with van der Waals surface area (Å²) in [5, 5.41) is 51.2. The number of esters is 2. The van der Waals surface area contributed by atoms with Crippen LogP contribution in [-0.2, 0) is 33.6 Å². The average molecular weight is 829 g/mol. The Morgan fingerprint density at radius 3 is 2.46 bits per heavy atom. The number of fused-ring (bicyclic) bond motifs is 2. The Balaban J connectivity index is 1.22. The molecule has 0 saturated carbocycles. The van der Waals surface area contributed by atoms with Crippen LogP contribution in [0, 0.1) is 0 Å². The van der Waals surface area contributed by atoms with Crippen LogP contribution in [0.3, 0.4) is 0 Å². The Kier molecular flexibility index (Phi) is 11.1. The highest BCUT2D eigenvalue weighted by molar-refractivity contribution is 8.01. The zero-order chi connectivity index (χ0) is 40.4. The second-order valence-corrected chi connectivity index (χ2v) is 14.3. The average Bonchev–Trinajstić information content (AvgIpc) is 3.79. The Labute approximate surface area is 323 Å². The first-order valence-electron chi connectivity index (χ1n) is 15.5. The van der Waals surface area contributed by atoms with Crippen molar-refractivity contribution in [1.82, 2.24) is 40.5 Å². The van der Waals surface area contributed by atoms with Gasteiger partial charge in [-0.2, -0.15) is 5.10 Å². The summed E-state index contributed by atoms with van der Waals surface area (Å²) >= 11 is 2.99. The van der Waals surface area contributed by atoms with E-state index in [-0.39, 0.29) is 66.8 Å². The summed E-state index contributed by atoms with van der Waals surface area (Å²) in [6, 6.07) is 2.13. The van der Waals surface area contributed by atoms with E-state index < -0.39 is 64.9 Å². The van der Waals surface area contributed by atoms with Crippen LogP contribution in [0.1, 0.15) is 41.6 Å². The first-order chi connectivity index (χ1) is 26.6. The monoisotopic (exact) mass is 828 g/mol. The third-order valence-electron chi connectivity index (χ3n) is 7.59. The number of β-lactam (4-membered cyclic amide) rings is 1. The van der Waals surface area contributed by atoms with Crippen LogP contribution in [0.25, 0.3) is 5.65 Å². The van der Waals surface area contributed by atoms with Crippen molar-refractivity contribution < 1.29 is 63.2 Å². The second kappa shape index (κ2) is 16.0. The van der Waals surface area contributed by atoms with Gasteiger partial charge in [-0.1, -0.05) is 11.2 Å². The van der Waals surface area contributed by atoms with Gasteiger partial charge in [0.05, 0.1) is 6.20 Å². The Morgan fingerprint density at radius 1 is 1.09 bits per heavy atom. The van der Waals surface area contributed by atoms with Crippen LogP contribution >= 0.6 is 34.9 Å². The largest absolute Gasteiger partial charge is 0.478 e. The van der Waals surface area contributed by atoms with Crippen LogP contribution in [0.2, 0.25) is 0 Å². The van der Waals surface area contributed by atoms with E-state index >= 15 is 0 Å². The number of aromatic nitrogens is 6. The van der Waals surface area contributed by atoms with Crippen molar-refractivity contribution in [2.24, 2.45) is 5.16 Å². The number of nitrogen functional groups attached to an aromatic ring is 1. The number of hydrogen-bond acceptors (Lipinski definition) is 20. The van der Waals surface area contributed by atoms with Gasteiger partial charge in [-0.25, -0.2) is 19.4 Å². The SMILES string of the molecule is CC(=O)Oc1ccc(C(ON=C(C(=O)N[C@@H]2C(=O)N3C(C(=O)O)=C(CSc4cnn5nnnc5c4C(=O)O)CS[C@H]23)c2csc(N)n2)C(=O)O)cc1OC(C)=O. The molecule has 1 unspecified atom stereocenters. The molecule has 290 valence electrons. The molecule has 2 aliphatic heterocycles. The summed E-state index contributed by atoms with van der Waals surface area (Å²) in [4.78, 5) is 97.6. The number of ether oxygens (including phenoxy) is 2. The van der Waals surface area contributed by atoms with Gasteiger partial charge in [0.25, 0.3) is 11.8 Å². The van der Waals surface area contributed by atoms with Gasteiger partial charge in [0, 0.05) is 41.2 Å². The summed E-state index contributed by atoms with van der Waals surface area (Å²) in [5.74, 6) is -8.29. The Bertz CT molecular complexity index is 2400. The predicted molar refractivity (Wildman–Crippen MR) is 190 cm³/mol. The number of carbonyl (C=O) groups excluding carboxylic acids is 4. The first-order valence-corrected chi connectivity index (χ1v) is 18.4. The van der Waals surface area contributed by atoms with Crippen molar-refractivity contribution in [2.45, 2.75) is 36.3 Å². The van der Waals surface area contributed by atoms with Gasteiger partial charge < -0.3 is 40.7 Å². The molecule has 26 heteroatoms. The molecule has 0 radical (unpaired) electrons. The maximum absolute atomic E-state index is 13.7. The molecular formula is C30H24N10O13S3. The van der Waals surface area contributed by atoms with Crippen molar-refractivity contribution in [3.8, 4) is 11.5 Å². The van der Waals surface area contributed by atoms with Crippen LogP contribution in [0.4, 0.5) is 5.13 Å². The number of carboxylic acid groups (broad SMARTS) is 3. The number of nitrogens with one attached hydrogen (secondary N) is 1. The van der Waals surface area contributed by atoms with E-state index in [1.807, 2.05) is 0 Å². The molecule has 1 aromatic carbocycles. The number of aliphatic carboxylic acids is 2. The van der Waals surface area contributed by atoms with Crippen molar-refractivity contribution in [3.63, 3.8) is 0 Å². The number of carbonyl (C=O) groups is 7. The molecule has 1 saturated heterocycles. The van der Waals surface area contributed by atoms with Gasteiger partial charge in [0.15, 0.2) is 22.3 Å². The molecule has 0 aliphatic carbocycles. The van der Waals surface area contributed by atoms with Gasteiger partial charge in [-0.05, 0) is 28.1 Å². The smallest absolute Gasteiger partial charge is 0.352 e. The first kappa shape index (κ1) is 39.0. The minimum Gasteiger partial charge on any atom is -0.478 e. The van der Waals surface area contributed by atoms with E-state index in [2.05, 4.69) is 36.1 Å². The zero-order valence-corrected chi connectivity index (χ0v) is 30.8. The predicted octanol–water partition coefficient (Wildman–Crippen LogP) is 0.184. The van der Waals surface area contributed by atoms with E-state index in [9.17, 15) is 48.9 Å². The number of anilines is 1. The second-order valence-electron chi connectivity index (χ2n) is 11.3. The lowest BCUT2D eigenvalue weighted by Crippen LogP contribution is -2.71. The van der Waals surface area contributed by atoms with Crippen LogP contribution in [0.5, 0.6) is 11.5 Å². The fourth-order valence-electron chi connectivity index (χ4n) is 5.29. The molecule has 3 atom stereocenters. The number of tetrazole rings is 1. The molecule has 1 fully saturated rings. The zero-order valence-electron chi connectivity index (χ0n) is 28.3. The van der Waals surface area contributed by atoms with Crippen LogP contribution < -0.4 is 20.5 Å². The number of rotatable bonds is 14. The number of carboxylic acids is 3. The lowest BCUT2D eigenvalue weighted by molar-refractivity contribution is -0.151. The maximum atomic E-state index is 13.7. The van der Waals surface area contributed by atoms with E-state index in [0.29, 0.717) is 0 Å². The molecule has 0 bridgehead atoms. The number of oxime groups is 1. The maximum Gasteiger partial charge on any atom is 0.352 e. The summed E-state index contributed by atoms with van der Waals surface area (Å²) < 4.78 is 11.0. The molecule has 6 N–H and O–H groups in total. The molecular weight excluding hydrogens is 805 g/mol. The fraction of sp³-hybridized carbons (Fsp3) is 0.233. The third-order valence-corrected chi connectivity index (χ3v) is 10.7. The highest BCUT2D eigenvalue weighted by Gasteiger charge is 2.54. The minimum atomic E-state index is -1.93. The molecule has 6 rings (SSSR count). The van der Waals surface area contributed by atoms with Gasteiger partial charge in [-0.3, -0.25) is 24.1 Å². The van der Waals surface area contributed by atoms with Gasteiger partial charge in [0.1, 0.15) is 28.4 Å². The lowest BCUT2D eigenvalue weighted by atomic mass is 10.0. The van der Waals surface area contributed by atoms with Gasteiger partial charge in [0.2, 0.25) is 11.8 Å². The van der Waals surface area contributed by atoms with E-state index in [4.69, 9.17) is 20.0 Å². The summed E-state index contributed by atoms with van der Waals surface area (Å²) in [6.45, 7) is 2.16. The lowest BCUT2D eigenvalue weighted by Gasteiger charge is -2.49. The number of aromatic carboxylic acids is 1. The summed E-state index contributed by atoms with van der Waals surface area (Å²) in [7, 11) is 0. The number of thiazole rings is 1. The van der Waals surface area contributed by atoms with Crippen molar-refractivity contribution >= 4 is 93.0 Å². The van der Waals surface area contributed by atoms with Gasteiger partial charge in [-0.15, -0.1) is 44.6 Å². The van der Waals surface area contributed by atoms with Crippen molar-refractivity contribution in [3.05, 3.63) is 57.9 Å². The quantitative estimate of drug-likeness (QED) is 0.0283. The molecule has 3 aromatic heterocycles. The third kappa shape index (κ3) is 7.91. The van der Waals surface area contributed by atoms with Crippen molar-refractivity contribution in [2.75, 3.05) is 17.2 Å².